The van der Waals surface area contributed by atoms with E-state index in [0.29, 0.717) is 5.92 Å². The van der Waals surface area contributed by atoms with Crippen LogP contribution in [-0.2, 0) is 13.2 Å². The van der Waals surface area contributed by atoms with E-state index in [0.717, 1.165) is 66.8 Å². The van der Waals surface area contributed by atoms with Gasteiger partial charge in [-0.05, 0) is 73.5 Å². The number of halogens is 3. The third-order valence-electron chi connectivity index (χ3n) is 6.90. The minimum atomic E-state index is -4.27. The molecule has 2 atom stereocenters. The summed E-state index contributed by atoms with van der Waals surface area (Å²) in [6.45, 7) is 3.14. The van der Waals surface area contributed by atoms with Crippen LogP contribution < -0.4 is 0 Å². The van der Waals surface area contributed by atoms with Crippen molar-refractivity contribution >= 4 is 11.8 Å². The van der Waals surface area contributed by atoms with E-state index >= 15 is 0 Å². The molecule has 1 aliphatic heterocycles. The predicted octanol–water partition coefficient (Wildman–Crippen LogP) is 5.26. The molecule has 1 spiro atoms. The molecule has 0 radical (unpaired) electrons. The number of aromatic nitrogens is 4. The maximum Gasteiger partial charge on any atom is 0.416 e. The Morgan fingerprint density at radius 1 is 1.15 bits per heavy atom. The van der Waals surface area contributed by atoms with E-state index in [1.165, 1.54) is 12.1 Å². The van der Waals surface area contributed by atoms with Crippen molar-refractivity contribution in [2.75, 3.05) is 25.4 Å². The molecule has 1 saturated carbocycles. The number of hydrogen-bond acceptors (Lipinski definition) is 5. The molecule has 5 rings (SSSR count). The van der Waals surface area contributed by atoms with Crippen LogP contribution in [0.1, 0.15) is 36.3 Å². The number of likely N-dealkylation sites (tertiary alicyclic amines) is 1. The molecule has 1 aromatic carbocycles. The van der Waals surface area contributed by atoms with Crippen LogP contribution in [0, 0.1) is 5.41 Å². The Bertz CT molecular complexity index is 1100. The molecule has 2 aromatic heterocycles. The van der Waals surface area contributed by atoms with E-state index in [-0.39, 0.29) is 5.41 Å². The van der Waals surface area contributed by atoms with Crippen molar-refractivity contribution in [3.05, 3.63) is 59.9 Å². The van der Waals surface area contributed by atoms with Crippen molar-refractivity contribution in [2.45, 2.75) is 36.5 Å². The molecule has 2 fully saturated rings. The van der Waals surface area contributed by atoms with Crippen molar-refractivity contribution < 1.29 is 13.2 Å². The Morgan fingerprint density at radius 3 is 2.70 bits per heavy atom. The minimum absolute atomic E-state index is 0.259. The summed E-state index contributed by atoms with van der Waals surface area (Å²) in [6, 6.07) is 9.64. The van der Waals surface area contributed by atoms with Gasteiger partial charge in [0.1, 0.15) is 0 Å². The summed E-state index contributed by atoms with van der Waals surface area (Å²) in [7, 11) is 1.98. The van der Waals surface area contributed by atoms with Gasteiger partial charge in [-0.15, -0.1) is 10.2 Å². The summed E-state index contributed by atoms with van der Waals surface area (Å²) in [5, 5.41) is 9.53. The molecule has 3 heterocycles. The van der Waals surface area contributed by atoms with Crippen molar-refractivity contribution in [3.63, 3.8) is 0 Å². The summed E-state index contributed by atoms with van der Waals surface area (Å²) >= 11 is 1.71. The highest BCUT2D eigenvalue weighted by atomic mass is 32.2. The fourth-order valence-electron chi connectivity index (χ4n) is 4.99. The average molecular weight is 474 g/mol. The van der Waals surface area contributed by atoms with E-state index in [4.69, 9.17) is 0 Å². The molecule has 1 unspecified atom stereocenters. The molecule has 0 amide bonds. The quantitative estimate of drug-likeness (QED) is 0.346. The lowest BCUT2D eigenvalue weighted by Crippen LogP contribution is -2.23. The summed E-state index contributed by atoms with van der Waals surface area (Å²) < 4.78 is 40.5. The lowest BCUT2D eigenvalue weighted by atomic mass is 9.97. The fraction of sp³-hybridized carbons (Fsp3) is 0.458. The van der Waals surface area contributed by atoms with E-state index in [2.05, 4.69) is 20.1 Å². The molecule has 9 heteroatoms. The number of hydrogen-bond donors (Lipinski definition) is 0. The highest BCUT2D eigenvalue weighted by molar-refractivity contribution is 7.99. The minimum Gasteiger partial charge on any atom is -0.305 e. The zero-order valence-corrected chi connectivity index (χ0v) is 19.2. The average Bonchev–Trinajstić information content (AvgIpc) is 3.15. The van der Waals surface area contributed by atoms with Gasteiger partial charge in [-0.25, -0.2) is 0 Å². The first-order valence-corrected chi connectivity index (χ1v) is 12.2. The largest absolute Gasteiger partial charge is 0.416 e. The van der Waals surface area contributed by atoms with Gasteiger partial charge in [-0.2, -0.15) is 13.2 Å². The zero-order valence-electron chi connectivity index (χ0n) is 18.4. The van der Waals surface area contributed by atoms with Crippen molar-refractivity contribution in [3.8, 4) is 11.4 Å². The maximum atomic E-state index is 12.8. The molecule has 0 N–H and O–H groups in total. The molecule has 1 aliphatic carbocycles. The Balaban J connectivity index is 1.09. The topological polar surface area (TPSA) is 46.8 Å². The molecule has 5 nitrogen and oxygen atoms in total. The monoisotopic (exact) mass is 473 g/mol. The molecule has 174 valence electrons. The van der Waals surface area contributed by atoms with Gasteiger partial charge in [-0.3, -0.25) is 4.98 Å². The Kier molecular flexibility index (Phi) is 5.95. The van der Waals surface area contributed by atoms with Crippen LogP contribution >= 0.6 is 11.8 Å². The van der Waals surface area contributed by atoms with Crippen molar-refractivity contribution in [2.24, 2.45) is 12.5 Å². The Morgan fingerprint density at radius 2 is 1.97 bits per heavy atom. The van der Waals surface area contributed by atoms with Gasteiger partial charge < -0.3 is 9.47 Å². The smallest absolute Gasteiger partial charge is 0.305 e. The molecule has 2 aliphatic rings. The molecular weight excluding hydrogens is 447 g/mol. The van der Waals surface area contributed by atoms with Crippen LogP contribution in [0.2, 0.25) is 0 Å². The summed E-state index contributed by atoms with van der Waals surface area (Å²) in [5.41, 5.74) is 1.69. The van der Waals surface area contributed by atoms with Crippen LogP contribution in [0.4, 0.5) is 13.2 Å². The molecule has 33 heavy (non-hydrogen) atoms. The molecular formula is C24H26F3N5S. The third-order valence-corrected chi connectivity index (χ3v) is 8.01. The van der Waals surface area contributed by atoms with E-state index in [1.807, 2.05) is 23.7 Å². The van der Waals surface area contributed by atoms with Crippen molar-refractivity contribution in [1.82, 2.24) is 24.6 Å². The third kappa shape index (κ3) is 4.66. The Labute approximate surface area is 195 Å². The van der Waals surface area contributed by atoms with Gasteiger partial charge in [-0.1, -0.05) is 23.9 Å². The zero-order chi connectivity index (χ0) is 23.1. The molecule has 3 aromatic rings. The SMILES string of the molecule is Cn1c(SCCCN2CC[C@]3(CC3c3ccc(C(F)(F)F)cc3)C2)nnc1-c1cccnc1. The number of pyridine rings is 1. The van der Waals surface area contributed by atoms with Crippen LogP contribution in [0.15, 0.2) is 53.9 Å². The van der Waals surface area contributed by atoms with Crippen LogP contribution in [-0.4, -0.2) is 50.0 Å². The Hall–Kier alpha value is -2.39. The van der Waals surface area contributed by atoms with E-state index in [9.17, 15) is 13.2 Å². The number of rotatable bonds is 7. The highest BCUT2D eigenvalue weighted by Gasteiger charge is 2.57. The normalized spacial score (nSPS) is 22.8. The first-order chi connectivity index (χ1) is 15.9. The van der Waals surface area contributed by atoms with Crippen molar-refractivity contribution in [1.29, 1.82) is 0 Å². The number of benzene rings is 1. The van der Waals surface area contributed by atoms with E-state index in [1.54, 1.807) is 36.3 Å². The second-order valence-corrected chi connectivity index (χ2v) is 10.1. The predicted molar refractivity (Wildman–Crippen MR) is 122 cm³/mol. The number of alkyl halides is 3. The van der Waals surface area contributed by atoms with Gasteiger partial charge in [0.2, 0.25) is 0 Å². The maximum absolute atomic E-state index is 12.8. The van der Waals surface area contributed by atoms with E-state index < -0.39 is 11.7 Å². The van der Waals surface area contributed by atoms with Crippen LogP contribution in [0.3, 0.4) is 0 Å². The van der Waals surface area contributed by atoms with Crippen LogP contribution in [0.25, 0.3) is 11.4 Å². The first-order valence-electron chi connectivity index (χ1n) is 11.2. The van der Waals surface area contributed by atoms with Gasteiger partial charge in [0, 0.05) is 37.3 Å². The van der Waals surface area contributed by atoms with Gasteiger partial charge >= 0.3 is 6.18 Å². The highest BCUT2D eigenvalue weighted by Crippen LogP contribution is 2.64. The first kappa shape index (κ1) is 22.4. The number of thioether (sulfide) groups is 1. The lowest BCUT2D eigenvalue weighted by Gasteiger charge is -2.16. The van der Waals surface area contributed by atoms with Gasteiger partial charge in [0.25, 0.3) is 0 Å². The lowest BCUT2D eigenvalue weighted by molar-refractivity contribution is -0.137. The fourth-order valence-corrected chi connectivity index (χ4v) is 5.82. The molecule has 0 bridgehead atoms. The van der Waals surface area contributed by atoms with Gasteiger partial charge in [0.15, 0.2) is 11.0 Å². The second kappa shape index (κ2) is 8.76. The number of nitrogens with zero attached hydrogens (tertiary/aromatic N) is 5. The second-order valence-electron chi connectivity index (χ2n) is 9.07. The van der Waals surface area contributed by atoms with Crippen LogP contribution in [0.5, 0.6) is 0 Å². The van der Waals surface area contributed by atoms with Gasteiger partial charge in [0.05, 0.1) is 5.56 Å². The standard InChI is InChI=1S/C24H26F3N5S/c1-31-21(18-4-2-10-28-15-18)29-30-22(31)33-13-3-11-32-12-9-23(16-32)14-20(23)17-5-7-19(8-6-17)24(25,26)27/h2,4-8,10,15,20H,3,9,11-14,16H2,1H3/t20?,23-/m0/s1. The summed E-state index contributed by atoms with van der Waals surface area (Å²) in [5.74, 6) is 2.17. The molecule has 1 saturated heterocycles. The summed E-state index contributed by atoms with van der Waals surface area (Å²) in [4.78, 5) is 6.65. The summed E-state index contributed by atoms with van der Waals surface area (Å²) in [6.07, 6.45) is 2.53.